The van der Waals surface area contributed by atoms with E-state index in [-0.39, 0.29) is 64.1 Å². The predicted molar refractivity (Wildman–Crippen MR) is 316 cm³/mol. The van der Waals surface area contributed by atoms with E-state index in [0.717, 1.165) is 20.0 Å². The largest absolute Gasteiger partial charge is 0.422 e. The van der Waals surface area contributed by atoms with Gasteiger partial charge >= 0.3 is 36.3 Å². The molecule has 8 unspecified atom stereocenters. The second kappa shape index (κ2) is 26.5. The zero-order valence-corrected chi connectivity index (χ0v) is 50.9. The topological polar surface area (TPSA) is 400 Å². The number of rotatable bonds is 23. The number of fused-ring (bicyclic) bond motifs is 3. The third kappa shape index (κ3) is 12.9. The number of nitrogens with two attached hydrogens (primary N) is 5. The SMILES string of the molecule is NC(Cc1ccccc1OC(=O)C1=C(CSc2cnns2)CSC2C(N)C(=O)N12)C(=O)OC(OC(=O)C1=C(CSc2cnns2)CSC2C(N)C(=O)N12)OC(=O)C(N)Cc1ccccc1OC(=O)C1=C(CSc2cnns2)CSC2C(N)C(=O)N12. The third-order valence-electron chi connectivity index (χ3n) is 13.5. The molecule has 9 heterocycles. The first kappa shape index (κ1) is 60.7. The van der Waals surface area contributed by atoms with Crippen LogP contribution in [-0.4, -0.2) is 178 Å². The lowest BCUT2D eigenvalue weighted by molar-refractivity contribution is -0.258. The molecule has 10 N–H and O–H groups in total. The molecule has 27 nitrogen and oxygen atoms in total. The van der Waals surface area contributed by atoms with E-state index in [9.17, 15) is 38.4 Å². The summed E-state index contributed by atoms with van der Waals surface area (Å²) >= 11 is 11.7. The van der Waals surface area contributed by atoms with Crippen LogP contribution in [0.4, 0.5) is 0 Å². The van der Waals surface area contributed by atoms with Gasteiger partial charge in [0.15, 0.2) is 0 Å². The molecule has 3 fully saturated rings. The highest BCUT2D eigenvalue weighted by atomic mass is 32.2. The van der Waals surface area contributed by atoms with Gasteiger partial charge in [-0.3, -0.25) is 38.7 Å². The average molecular weight is 1330 g/mol. The molecule has 6 aliphatic heterocycles. The van der Waals surface area contributed by atoms with E-state index >= 15 is 0 Å². The number of para-hydroxylation sites is 2. The Bertz CT molecular complexity index is 3370. The minimum Gasteiger partial charge on any atom is -0.422 e. The monoisotopic (exact) mass is 1330 g/mol. The fraction of sp³-hybridized carbons (Fsp3) is 0.347. The van der Waals surface area contributed by atoms with Crippen LogP contribution in [0.1, 0.15) is 11.1 Å². The van der Waals surface area contributed by atoms with Crippen molar-refractivity contribution >= 4 is 153 Å². The van der Waals surface area contributed by atoms with Crippen molar-refractivity contribution in [2.45, 2.75) is 78.3 Å². The molecule has 444 valence electrons. The van der Waals surface area contributed by atoms with Crippen molar-refractivity contribution in [1.82, 2.24) is 43.5 Å². The number of benzene rings is 2. The second-order valence-corrected chi connectivity index (χ2v) is 28.4. The number of hydrogen-bond donors (Lipinski definition) is 5. The summed E-state index contributed by atoms with van der Waals surface area (Å²) in [5.74, 6) is -5.27. The molecule has 3 saturated heterocycles. The molecule has 0 spiro atoms. The molecule has 3 aromatic heterocycles. The van der Waals surface area contributed by atoms with Gasteiger partial charge in [0.25, 0.3) is 0 Å². The number of ether oxygens (including phenoxy) is 5. The molecule has 0 bridgehead atoms. The van der Waals surface area contributed by atoms with Crippen molar-refractivity contribution in [2.24, 2.45) is 28.7 Å². The number of amides is 3. The number of β-lactam (4-membered cyclic amide) rings is 3. The predicted octanol–water partition coefficient (Wildman–Crippen LogP) is 1.27. The molecule has 0 radical (unpaired) electrons. The molecule has 36 heteroatoms. The van der Waals surface area contributed by atoms with E-state index in [0.29, 0.717) is 43.9 Å². The molecule has 85 heavy (non-hydrogen) atoms. The van der Waals surface area contributed by atoms with Crippen LogP contribution in [0.3, 0.4) is 0 Å². The summed E-state index contributed by atoms with van der Waals surface area (Å²) < 4.78 is 42.7. The van der Waals surface area contributed by atoms with Crippen LogP contribution in [-0.2, 0) is 65.4 Å². The van der Waals surface area contributed by atoms with Crippen molar-refractivity contribution in [1.29, 1.82) is 0 Å². The van der Waals surface area contributed by atoms with Gasteiger partial charge in [-0.25, -0.2) is 14.4 Å². The van der Waals surface area contributed by atoms with Gasteiger partial charge in [0.1, 0.15) is 87.5 Å². The molecular formula is C49H46N14O13S9. The zero-order valence-electron chi connectivity index (χ0n) is 43.6. The molecule has 6 aliphatic rings. The number of carbonyl (C=O) groups excluding carboxylic acids is 8. The minimum atomic E-state index is -2.49. The van der Waals surface area contributed by atoms with E-state index < -0.39 is 100 Å². The first-order valence-electron chi connectivity index (χ1n) is 25.2. The molecule has 5 aromatic rings. The highest BCUT2D eigenvalue weighted by Gasteiger charge is 2.55. The van der Waals surface area contributed by atoms with Gasteiger partial charge in [0, 0.05) is 47.4 Å². The van der Waals surface area contributed by atoms with E-state index in [2.05, 4.69) is 28.8 Å². The number of hydrogen-bond acceptors (Lipinski definition) is 33. The van der Waals surface area contributed by atoms with Crippen molar-refractivity contribution in [3.8, 4) is 11.5 Å². The van der Waals surface area contributed by atoms with E-state index in [1.165, 1.54) is 139 Å². The van der Waals surface area contributed by atoms with Gasteiger partial charge in [-0.05, 0) is 74.6 Å². The van der Waals surface area contributed by atoms with Gasteiger partial charge in [-0.15, -0.1) is 85.9 Å². The van der Waals surface area contributed by atoms with Gasteiger partial charge in [0.2, 0.25) is 17.7 Å². The van der Waals surface area contributed by atoms with Crippen molar-refractivity contribution in [2.75, 3.05) is 34.5 Å². The Kier molecular flexibility index (Phi) is 18.9. The summed E-state index contributed by atoms with van der Waals surface area (Å²) in [6.07, 6.45) is 3.98. The first-order chi connectivity index (χ1) is 41.0. The van der Waals surface area contributed by atoms with Crippen molar-refractivity contribution in [3.63, 3.8) is 0 Å². The molecule has 8 atom stereocenters. The molecule has 11 rings (SSSR count). The Hall–Kier alpha value is -6.00. The fourth-order valence-electron chi connectivity index (χ4n) is 9.24. The molecular weight excluding hydrogens is 1280 g/mol. The van der Waals surface area contributed by atoms with Gasteiger partial charge < -0.3 is 52.4 Å². The quantitative estimate of drug-likeness (QED) is 0.0202. The lowest BCUT2D eigenvalue weighted by Crippen LogP contribution is -2.68. The van der Waals surface area contributed by atoms with Gasteiger partial charge in [-0.2, -0.15) is 0 Å². The van der Waals surface area contributed by atoms with Crippen LogP contribution < -0.4 is 38.1 Å². The lowest BCUT2D eigenvalue weighted by atomic mass is 10.0. The lowest BCUT2D eigenvalue weighted by Gasteiger charge is -2.48. The summed E-state index contributed by atoms with van der Waals surface area (Å²) in [4.78, 5) is 115. The summed E-state index contributed by atoms with van der Waals surface area (Å²) in [6.45, 7) is -2.49. The van der Waals surface area contributed by atoms with Crippen LogP contribution in [0, 0.1) is 0 Å². The summed E-state index contributed by atoms with van der Waals surface area (Å²) in [6, 6.07) is 6.55. The first-order valence-corrected chi connectivity index (χ1v) is 33.7. The number of nitrogens with zero attached hydrogens (tertiary/aromatic N) is 9. The molecule has 3 amide bonds. The highest BCUT2D eigenvalue weighted by Crippen LogP contribution is 2.45. The van der Waals surface area contributed by atoms with Crippen LogP contribution in [0.25, 0.3) is 0 Å². The Balaban J connectivity index is 0.818. The number of aromatic nitrogens is 6. The summed E-state index contributed by atoms with van der Waals surface area (Å²) in [7, 11) is 0. The Morgan fingerprint density at radius 2 is 0.859 bits per heavy atom. The molecule has 0 saturated carbocycles. The van der Waals surface area contributed by atoms with Crippen molar-refractivity contribution in [3.05, 3.63) is 112 Å². The smallest absolute Gasteiger partial charge is 0.413 e. The third-order valence-corrected chi connectivity index (χ3v) is 23.3. The van der Waals surface area contributed by atoms with Crippen LogP contribution in [0.15, 0.2) is 114 Å². The maximum atomic E-state index is 14.5. The second-order valence-electron chi connectivity index (χ2n) is 18.9. The summed E-state index contributed by atoms with van der Waals surface area (Å²) in [5, 5.41) is 9.94. The van der Waals surface area contributed by atoms with Crippen molar-refractivity contribution < 1.29 is 62.0 Å². The maximum absolute atomic E-state index is 14.5. The van der Waals surface area contributed by atoms with Gasteiger partial charge in [-0.1, -0.05) is 49.9 Å². The number of carbonyl (C=O) groups is 8. The minimum absolute atomic E-state index is 0.0186. The van der Waals surface area contributed by atoms with Crippen LogP contribution >= 0.6 is 105 Å². The molecule has 2 aromatic carbocycles. The Morgan fingerprint density at radius 1 is 0.518 bits per heavy atom. The summed E-state index contributed by atoms with van der Waals surface area (Å²) in [5.41, 5.74) is 33.3. The Morgan fingerprint density at radius 3 is 1.20 bits per heavy atom. The highest BCUT2D eigenvalue weighted by molar-refractivity contribution is 8.02. The van der Waals surface area contributed by atoms with Crippen LogP contribution in [0.5, 0.6) is 11.5 Å². The van der Waals surface area contributed by atoms with Crippen LogP contribution in [0.2, 0.25) is 0 Å². The molecule has 0 aliphatic carbocycles. The maximum Gasteiger partial charge on any atom is 0.413 e. The fourth-order valence-corrected chi connectivity index (χ4v) is 17.8. The standard InChI is InChI=1S/C49H46N14O13S9/c50-25(9-20-5-1-3-7-27(20)72-46(69)35-22(14-77-29-11-55-58-83-29)17-80-41-32(52)38(64)61(35)41)44(67)74-49(76-48(71)37-24(16-79-31-13-57-60-85-31)19-82-43-34(54)40(66)63(37)43)75-45(68)26(51)10-21-6-2-4-8-28(21)73-47(70)36-23(15-78-30-12-56-59-84-30)18-81-42-33(53)39(65)62(36)42/h1-8,11-13,25-26,32-34,41-43,49H,9-10,14-19,50-54H2. The Labute approximate surface area is 519 Å². The zero-order chi connectivity index (χ0) is 59.6. The van der Waals surface area contributed by atoms with E-state index in [1.807, 2.05) is 0 Å². The average Bonchev–Trinajstić information content (AvgIpc) is 1.71. The van der Waals surface area contributed by atoms with E-state index in [4.69, 9.17) is 52.4 Å². The normalized spacial score (nSPS) is 22.7. The van der Waals surface area contributed by atoms with E-state index in [1.54, 1.807) is 36.7 Å². The number of esters is 5. The number of thioether (sulfide) groups is 6. The van der Waals surface area contributed by atoms with Gasteiger partial charge in [0.05, 0.1) is 18.6 Å².